The fourth-order valence-electron chi connectivity index (χ4n) is 4.39. The van der Waals surface area contributed by atoms with E-state index in [9.17, 15) is 4.79 Å². The van der Waals surface area contributed by atoms with Crippen molar-refractivity contribution in [3.05, 3.63) is 108 Å². The number of ether oxygens (including phenoxy) is 1. The molecule has 0 bridgehead atoms. The van der Waals surface area contributed by atoms with E-state index in [0.29, 0.717) is 6.54 Å². The molecule has 0 radical (unpaired) electrons. The quantitative estimate of drug-likeness (QED) is 0.528. The molecular weight excluding hydrogens is 358 g/mol. The van der Waals surface area contributed by atoms with Crippen molar-refractivity contribution in [3.63, 3.8) is 0 Å². The summed E-state index contributed by atoms with van der Waals surface area (Å²) < 4.78 is 5.25. The topological polar surface area (TPSA) is 29.5 Å². The first kappa shape index (κ1) is 19.0. The molecule has 0 aromatic heterocycles. The molecule has 0 unspecified atom stereocenters. The number of amides is 1. The SMILES string of the molecule is C=C[C@H](c1ccccc1)[C@@]1(C)C(=O)N(Cc2ccc(OC)cc2)c2ccccc21. The van der Waals surface area contributed by atoms with Gasteiger partial charge in [0.05, 0.1) is 19.1 Å². The van der Waals surface area contributed by atoms with Crippen LogP contribution < -0.4 is 9.64 Å². The minimum Gasteiger partial charge on any atom is -0.497 e. The third-order valence-corrected chi connectivity index (χ3v) is 5.96. The molecule has 0 fully saturated rings. The first-order chi connectivity index (χ1) is 14.1. The average Bonchev–Trinajstić information content (AvgIpc) is 2.98. The molecule has 146 valence electrons. The van der Waals surface area contributed by atoms with Crippen LogP contribution in [-0.2, 0) is 16.8 Å². The highest BCUT2D eigenvalue weighted by Crippen LogP contribution is 2.50. The van der Waals surface area contributed by atoms with Crippen LogP contribution in [0.3, 0.4) is 0 Å². The second-order valence-corrected chi connectivity index (χ2v) is 7.58. The Hall–Kier alpha value is -3.33. The molecule has 1 aliphatic rings. The highest BCUT2D eigenvalue weighted by atomic mass is 16.5. The molecule has 0 saturated heterocycles. The fourth-order valence-corrected chi connectivity index (χ4v) is 4.39. The first-order valence-electron chi connectivity index (χ1n) is 9.81. The molecule has 2 atom stereocenters. The van der Waals surface area contributed by atoms with Crippen LogP contribution in [0.2, 0.25) is 0 Å². The minimum absolute atomic E-state index is 0.100. The molecule has 1 aliphatic heterocycles. The van der Waals surface area contributed by atoms with E-state index in [1.807, 2.05) is 78.6 Å². The molecule has 29 heavy (non-hydrogen) atoms. The van der Waals surface area contributed by atoms with Gasteiger partial charge in [0.1, 0.15) is 5.75 Å². The molecule has 1 amide bonds. The standard InChI is InChI=1S/C26H25NO2/c1-4-22(20-10-6-5-7-11-20)26(2)23-12-8-9-13-24(23)27(25(26)28)18-19-14-16-21(29-3)17-15-19/h4-17,22H,1,18H2,2-3H3/t22-,26-/m1/s1. The van der Waals surface area contributed by atoms with Crippen molar-refractivity contribution in [2.24, 2.45) is 0 Å². The van der Waals surface area contributed by atoms with Gasteiger partial charge in [0.25, 0.3) is 0 Å². The van der Waals surface area contributed by atoms with Crippen LogP contribution in [-0.4, -0.2) is 13.0 Å². The van der Waals surface area contributed by atoms with Gasteiger partial charge in [0, 0.05) is 11.6 Å². The van der Waals surface area contributed by atoms with Crippen LogP contribution in [0.25, 0.3) is 0 Å². The van der Waals surface area contributed by atoms with E-state index in [-0.39, 0.29) is 11.8 Å². The van der Waals surface area contributed by atoms with Crippen molar-refractivity contribution in [1.82, 2.24) is 0 Å². The molecule has 3 nitrogen and oxygen atoms in total. The van der Waals surface area contributed by atoms with Gasteiger partial charge in [-0.15, -0.1) is 6.58 Å². The van der Waals surface area contributed by atoms with Crippen molar-refractivity contribution in [1.29, 1.82) is 0 Å². The third kappa shape index (κ3) is 3.13. The van der Waals surface area contributed by atoms with Gasteiger partial charge in [-0.25, -0.2) is 0 Å². The summed E-state index contributed by atoms with van der Waals surface area (Å²) in [6.07, 6.45) is 1.90. The number of para-hydroxylation sites is 1. The summed E-state index contributed by atoms with van der Waals surface area (Å²) >= 11 is 0. The Labute approximate surface area is 172 Å². The maximum absolute atomic E-state index is 13.8. The maximum atomic E-state index is 13.8. The first-order valence-corrected chi connectivity index (χ1v) is 9.81. The maximum Gasteiger partial charge on any atom is 0.238 e. The summed E-state index contributed by atoms with van der Waals surface area (Å²) in [6, 6.07) is 26.1. The number of benzene rings is 3. The van der Waals surface area contributed by atoms with E-state index in [2.05, 4.69) is 24.8 Å². The molecular formula is C26H25NO2. The number of nitrogens with zero attached hydrogens (tertiary/aromatic N) is 1. The minimum atomic E-state index is -0.702. The molecule has 0 N–H and O–H groups in total. The van der Waals surface area contributed by atoms with Gasteiger partial charge in [0.15, 0.2) is 0 Å². The molecule has 4 rings (SSSR count). The van der Waals surface area contributed by atoms with Crippen molar-refractivity contribution in [2.75, 3.05) is 12.0 Å². The Morgan fingerprint density at radius 1 is 1.00 bits per heavy atom. The number of hydrogen-bond acceptors (Lipinski definition) is 2. The second kappa shape index (κ2) is 7.59. The van der Waals surface area contributed by atoms with E-state index in [0.717, 1.165) is 28.1 Å². The second-order valence-electron chi connectivity index (χ2n) is 7.58. The predicted octanol–water partition coefficient (Wildman–Crippen LogP) is 5.47. The molecule has 3 aromatic rings. The van der Waals surface area contributed by atoms with Gasteiger partial charge in [-0.2, -0.15) is 0 Å². The van der Waals surface area contributed by atoms with Crippen LogP contribution >= 0.6 is 0 Å². The van der Waals surface area contributed by atoms with Gasteiger partial charge < -0.3 is 9.64 Å². The van der Waals surface area contributed by atoms with Crippen LogP contribution in [0.1, 0.15) is 29.5 Å². The summed E-state index contributed by atoms with van der Waals surface area (Å²) in [6.45, 7) is 6.64. The Morgan fingerprint density at radius 2 is 1.66 bits per heavy atom. The van der Waals surface area contributed by atoms with Crippen LogP contribution in [0.5, 0.6) is 5.75 Å². The number of fused-ring (bicyclic) bond motifs is 1. The van der Waals surface area contributed by atoms with Gasteiger partial charge in [0.2, 0.25) is 5.91 Å². The molecule has 1 heterocycles. The monoisotopic (exact) mass is 383 g/mol. The van der Waals surface area contributed by atoms with Crippen molar-refractivity contribution in [2.45, 2.75) is 24.8 Å². The Balaban J connectivity index is 1.76. The summed E-state index contributed by atoms with van der Waals surface area (Å²) in [7, 11) is 1.65. The Kier molecular flexibility index (Phi) is 4.98. The third-order valence-electron chi connectivity index (χ3n) is 5.96. The van der Waals surface area contributed by atoms with E-state index in [1.165, 1.54) is 0 Å². The van der Waals surface area contributed by atoms with Crippen molar-refractivity contribution in [3.8, 4) is 5.75 Å². The number of carbonyl (C=O) groups excluding carboxylic acids is 1. The largest absolute Gasteiger partial charge is 0.497 e. The van der Waals surface area contributed by atoms with Gasteiger partial charge in [-0.05, 0) is 41.8 Å². The zero-order valence-electron chi connectivity index (χ0n) is 16.8. The van der Waals surface area contributed by atoms with Crippen LogP contribution in [0, 0.1) is 0 Å². The summed E-state index contributed by atoms with van der Waals surface area (Å²) in [5.74, 6) is 0.795. The van der Waals surface area contributed by atoms with E-state index in [4.69, 9.17) is 4.74 Å². The number of hydrogen-bond donors (Lipinski definition) is 0. The lowest BCUT2D eigenvalue weighted by molar-refractivity contribution is -0.123. The molecule has 3 aromatic carbocycles. The molecule has 0 spiro atoms. The van der Waals surface area contributed by atoms with Crippen molar-refractivity contribution < 1.29 is 9.53 Å². The van der Waals surface area contributed by atoms with E-state index < -0.39 is 5.41 Å². The molecule has 0 aliphatic carbocycles. The van der Waals surface area contributed by atoms with Gasteiger partial charge in [-0.3, -0.25) is 4.79 Å². The van der Waals surface area contributed by atoms with Crippen LogP contribution in [0.4, 0.5) is 5.69 Å². The van der Waals surface area contributed by atoms with Crippen LogP contribution in [0.15, 0.2) is 91.5 Å². The summed E-state index contributed by atoms with van der Waals surface area (Å²) in [5, 5.41) is 0. The number of anilines is 1. The van der Waals surface area contributed by atoms with Crippen molar-refractivity contribution >= 4 is 11.6 Å². The normalized spacial score (nSPS) is 19.0. The van der Waals surface area contributed by atoms with Gasteiger partial charge in [-0.1, -0.05) is 66.7 Å². The number of methoxy groups -OCH3 is 1. The number of allylic oxidation sites excluding steroid dienone is 1. The fraction of sp³-hybridized carbons (Fsp3) is 0.192. The predicted molar refractivity (Wildman–Crippen MR) is 117 cm³/mol. The van der Waals surface area contributed by atoms with E-state index in [1.54, 1.807) is 7.11 Å². The smallest absolute Gasteiger partial charge is 0.238 e. The number of rotatable bonds is 6. The highest BCUT2D eigenvalue weighted by Gasteiger charge is 2.51. The lowest BCUT2D eigenvalue weighted by Gasteiger charge is -2.32. The Morgan fingerprint density at radius 3 is 2.31 bits per heavy atom. The number of carbonyl (C=O) groups is 1. The summed E-state index contributed by atoms with van der Waals surface area (Å²) in [4.78, 5) is 15.7. The zero-order chi connectivity index (χ0) is 20.4. The Bertz CT molecular complexity index is 1030. The zero-order valence-corrected chi connectivity index (χ0v) is 16.8. The van der Waals surface area contributed by atoms with E-state index >= 15 is 0 Å². The average molecular weight is 383 g/mol. The highest BCUT2D eigenvalue weighted by molar-refractivity contribution is 6.08. The lowest BCUT2D eigenvalue weighted by Crippen LogP contribution is -2.41. The van der Waals surface area contributed by atoms with Gasteiger partial charge >= 0.3 is 0 Å². The molecule has 3 heteroatoms. The molecule has 0 saturated carbocycles. The lowest BCUT2D eigenvalue weighted by atomic mass is 9.69. The summed E-state index contributed by atoms with van der Waals surface area (Å²) in [5.41, 5.74) is 3.48.